The van der Waals surface area contributed by atoms with Crippen molar-refractivity contribution in [3.05, 3.63) is 34.3 Å². The minimum atomic E-state index is -4.36. The molecule has 2 rings (SSSR count). The van der Waals surface area contributed by atoms with Gasteiger partial charge in [0.2, 0.25) is 0 Å². The summed E-state index contributed by atoms with van der Waals surface area (Å²) in [7, 11) is 1.38. The fourth-order valence-electron chi connectivity index (χ4n) is 2.51. The molecule has 2 aliphatic rings. The Hall–Kier alpha value is -1.43. The lowest BCUT2D eigenvalue weighted by atomic mass is 10.00. The summed E-state index contributed by atoms with van der Waals surface area (Å²) in [5, 5.41) is 0. The van der Waals surface area contributed by atoms with Crippen molar-refractivity contribution in [2.24, 2.45) is 17.6 Å². The molecule has 21 heavy (non-hydrogen) atoms. The number of halogens is 3. The van der Waals surface area contributed by atoms with Gasteiger partial charge in [0.1, 0.15) is 11.5 Å². The number of methoxy groups -OCH3 is 1. The molecule has 118 valence electrons. The van der Waals surface area contributed by atoms with E-state index in [-0.39, 0.29) is 11.5 Å². The first kappa shape index (κ1) is 15.9. The van der Waals surface area contributed by atoms with Crippen molar-refractivity contribution in [2.75, 3.05) is 20.3 Å². The molecule has 0 aromatic carbocycles. The maximum absolute atomic E-state index is 13.1. The molecule has 2 N–H and O–H groups in total. The smallest absolute Gasteiger partial charge is 0.414 e. The van der Waals surface area contributed by atoms with Crippen LogP contribution in [0, 0.1) is 11.8 Å². The third-order valence-electron chi connectivity index (χ3n) is 3.44. The van der Waals surface area contributed by atoms with E-state index in [9.17, 15) is 13.2 Å². The van der Waals surface area contributed by atoms with Crippen LogP contribution in [0.4, 0.5) is 13.2 Å². The zero-order valence-corrected chi connectivity index (χ0v) is 12.4. The van der Waals surface area contributed by atoms with Gasteiger partial charge in [-0.15, -0.1) is 0 Å². The van der Waals surface area contributed by atoms with Gasteiger partial charge in [-0.1, -0.05) is 13.8 Å². The molecule has 0 aromatic heterocycles. The highest BCUT2D eigenvalue weighted by Gasteiger charge is 2.58. The van der Waals surface area contributed by atoms with E-state index in [0.717, 1.165) is 0 Å². The minimum absolute atomic E-state index is 0.214. The first-order chi connectivity index (χ1) is 9.81. The number of alkyl halides is 3. The lowest BCUT2D eigenvalue weighted by molar-refractivity contribution is -0.0901. The second-order valence-corrected chi connectivity index (χ2v) is 5.61. The van der Waals surface area contributed by atoms with E-state index in [0.29, 0.717) is 36.7 Å². The van der Waals surface area contributed by atoms with Crippen LogP contribution in [0.1, 0.15) is 20.3 Å². The van der Waals surface area contributed by atoms with Crippen molar-refractivity contribution in [2.45, 2.75) is 26.4 Å². The highest BCUT2D eigenvalue weighted by atomic mass is 19.4. The summed E-state index contributed by atoms with van der Waals surface area (Å²) >= 11 is 0. The summed E-state index contributed by atoms with van der Waals surface area (Å²) in [5.74, 6) is 0.0835. The molecule has 0 bridgehead atoms. The third-order valence-corrected chi connectivity index (χ3v) is 3.44. The SMILES string of the molecule is COC1=CC(CCN)=C(OCC(C)C)C2=C(C(F)(F)F)[C@@H]12. The number of rotatable bonds is 6. The molecule has 2 aliphatic carbocycles. The third kappa shape index (κ3) is 3.10. The van der Waals surface area contributed by atoms with Gasteiger partial charge in [0, 0.05) is 5.57 Å². The largest absolute Gasteiger partial charge is 0.500 e. The van der Waals surface area contributed by atoms with E-state index in [1.54, 1.807) is 6.08 Å². The maximum Gasteiger partial charge on any atom is 0.414 e. The van der Waals surface area contributed by atoms with Gasteiger partial charge in [-0.2, -0.15) is 13.2 Å². The Morgan fingerprint density at radius 1 is 1.33 bits per heavy atom. The Morgan fingerprint density at radius 2 is 2.00 bits per heavy atom. The first-order valence-electron chi connectivity index (χ1n) is 6.94. The van der Waals surface area contributed by atoms with Crippen LogP contribution in [-0.2, 0) is 9.47 Å². The molecule has 6 heteroatoms. The number of ether oxygens (including phenoxy) is 2. The summed E-state index contributed by atoms with van der Waals surface area (Å²) in [6.45, 7) is 4.62. The highest BCUT2D eigenvalue weighted by Crippen LogP contribution is 2.59. The quantitative estimate of drug-likeness (QED) is 0.819. The van der Waals surface area contributed by atoms with Gasteiger partial charge in [-0.25, -0.2) is 0 Å². The molecule has 0 saturated carbocycles. The maximum atomic E-state index is 13.1. The van der Waals surface area contributed by atoms with Gasteiger partial charge in [0.25, 0.3) is 0 Å². The second-order valence-electron chi connectivity index (χ2n) is 5.61. The van der Waals surface area contributed by atoms with E-state index >= 15 is 0 Å². The molecule has 0 fully saturated rings. The van der Waals surface area contributed by atoms with Crippen LogP contribution in [0.15, 0.2) is 34.3 Å². The highest BCUT2D eigenvalue weighted by molar-refractivity contribution is 5.64. The molecular formula is C15H20F3NO2. The van der Waals surface area contributed by atoms with Gasteiger partial charge in [0.15, 0.2) is 0 Å². The zero-order valence-electron chi connectivity index (χ0n) is 12.4. The summed E-state index contributed by atoms with van der Waals surface area (Å²) < 4.78 is 50.0. The van der Waals surface area contributed by atoms with Crippen LogP contribution in [0.25, 0.3) is 0 Å². The summed E-state index contributed by atoms with van der Waals surface area (Å²) in [4.78, 5) is 0. The lowest BCUT2D eigenvalue weighted by Crippen LogP contribution is -2.12. The molecular weight excluding hydrogens is 283 g/mol. The fraction of sp³-hybridized carbons (Fsp3) is 0.600. The summed E-state index contributed by atoms with van der Waals surface area (Å²) in [5.41, 5.74) is 5.89. The fourth-order valence-corrected chi connectivity index (χ4v) is 2.51. The van der Waals surface area contributed by atoms with E-state index in [2.05, 4.69) is 0 Å². The van der Waals surface area contributed by atoms with E-state index < -0.39 is 17.7 Å². The number of hydrogen-bond acceptors (Lipinski definition) is 3. The monoisotopic (exact) mass is 303 g/mol. The van der Waals surface area contributed by atoms with Gasteiger partial charge in [0.05, 0.1) is 25.2 Å². The molecule has 0 radical (unpaired) electrons. The lowest BCUT2D eigenvalue weighted by Gasteiger charge is -2.20. The van der Waals surface area contributed by atoms with Crippen molar-refractivity contribution >= 4 is 0 Å². The number of fused-ring (bicyclic) bond motifs is 1. The van der Waals surface area contributed by atoms with Crippen molar-refractivity contribution < 1.29 is 22.6 Å². The molecule has 1 atom stereocenters. The van der Waals surface area contributed by atoms with Crippen molar-refractivity contribution in [3.63, 3.8) is 0 Å². The molecule has 0 spiro atoms. The normalized spacial score (nSPS) is 21.5. The number of nitrogens with two attached hydrogens (primary N) is 1. The Morgan fingerprint density at radius 3 is 2.48 bits per heavy atom. The van der Waals surface area contributed by atoms with E-state index in [1.165, 1.54) is 7.11 Å². The molecule has 0 aromatic rings. The number of allylic oxidation sites excluding steroid dienone is 3. The molecule has 0 heterocycles. The van der Waals surface area contributed by atoms with Crippen LogP contribution < -0.4 is 5.73 Å². The predicted octanol–water partition coefficient (Wildman–Crippen LogP) is 3.29. The van der Waals surface area contributed by atoms with Crippen LogP contribution in [-0.4, -0.2) is 26.4 Å². The Balaban J connectivity index is 2.40. The van der Waals surface area contributed by atoms with E-state index in [4.69, 9.17) is 15.2 Å². The molecule has 3 nitrogen and oxygen atoms in total. The van der Waals surface area contributed by atoms with Crippen LogP contribution in [0.5, 0.6) is 0 Å². The average Bonchev–Trinajstić information content (AvgIpc) is 3.11. The zero-order chi connectivity index (χ0) is 15.8. The average molecular weight is 303 g/mol. The van der Waals surface area contributed by atoms with Crippen molar-refractivity contribution in [3.8, 4) is 0 Å². The van der Waals surface area contributed by atoms with Crippen LogP contribution in [0.2, 0.25) is 0 Å². The van der Waals surface area contributed by atoms with Crippen LogP contribution in [0.3, 0.4) is 0 Å². The van der Waals surface area contributed by atoms with E-state index in [1.807, 2.05) is 13.8 Å². The summed E-state index contributed by atoms with van der Waals surface area (Å²) in [6, 6.07) is 0. The molecule has 0 aliphatic heterocycles. The first-order valence-corrected chi connectivity index (χ1v) is 6.94. The van der Waals surface area contributed by atoms with Crippen LogP contribution >= 0.6 is 0 Å². The molecule has 0 amide bonds. The Kier molecular flexibility index (Phi) is 4.37. The second kappa shape index (κ2) is 5.75. The molecule has 0 saturated heterocycles. The Labute approximate surface area is 122 Å². The summed E-state index contributed by atoms with van der Waals surface area (Å²) in [6.07, 6.45) is -2.26. The van der Waals surface area contributed by atoms with Gasteiger partial charge in [-0.05, 0) is 30.5 Å². The van der Waals surface area contributed by atoms with Gasteiger partial charge in [-0.3, -0.25) is 0 Å². The molecule has 0 unspecified atom stereocenters. The standard InChI is InChI=1S/C15H20F3NO2/c1-8(2)7-21-14-9(4-5-19)6-10(20-3)11-12(14)13(11)15(16,17)18/h6,8,11H,4-5,7,19H2,1-3H3/t11-/m0/s1. The van der Waals surface area contributed by atoms with Gasteiger partial charge >= 0.3 is 6.18 Å². The van der Waals surface area contributed by atoms with Crippen molar-refractivity contribution in [1.29, 1.82) is 0 Å². The predicted molar refractivity (Wildman–Crippen MR) is 73.2 cm³/mol. The van der Waals surface area contributed by atoms with Gasteiger partial charge < -0.3 is 15.2 Å². The number of hydrogen-bond donors (Lipinski definition) is 1. The Bertz CT molecular complexity index is 516. The van der Waals surface area contributed by atoms with Crippen molar-refractivity contribution in [1.82, 2.24) is 0 Å². The topological polar surface area (TPSA) is 44.5 Å². The minimum Gasteiger partial charge on any atom is -0.500 e.